The molecule has 1 fully saturated rings. The Morgan fingerprint density at radius 2 is 2.20 bits per heavy atom. The number of likely N-dealkylation sites (N-methyl/N-ethyl adjacent to an activating group) is 1. The molecule has 82 valence electrons. The number of aliphatic hydroxyl groups is 1. The van der Waals surface area contributed by atoms with Gasteiger partial charge in [0.15, 0.2) is 0 Å². The average molecular weight is 206 g/mol. The highest BCUT2D eigenvalue weighted by Crippen LogP contribution is 2.24. The predicted molar refractivity (Wildman–Crippen MR) is 59.6 cm³/mol. The van der Waals surface area contributed by atoms with Gasteiger partial charge in [-0.05, 0) is 44.1 Å². The van der Waals surface area contributed by atoms with Gasteiger partial charge >= 0.3 is 0 Å². The molecule has 0 saturated carbocycles. The van der Waals surface area contributed by atoms with Crippen molar-refractivity contribution >= 4 is 0 Å². The molecule has 0 bridgehead atoms. The smallest absolute Gasteiger partial charge is 0.0814 e. The van der Waals surface area contributed by atoms with Crippen LogP contribution in [0.2, 0.25) is 0 Å². The highest BCUT2D eigenvalue weighted by Gasteiger charge is 2.31. The molecular weight excluding hydrogens is 188 g/mol. The Labute approximate surface area is 90.8 Å². The molecule has 3 nitrogen and oxygen atoms in total. The summed E-state index contributed by atoms with van der Waals surface area (Å²) < 4.78 is 0. The van der Waals surface area contributed by atoms with Crippen molar-refractivity contribution in [3.63, 3.8) is 0 Å². The summed E-state index contributed by atoms with van der Waals surface area (Å²) in [7, 11) is 2.07. The van der Waals surface area contributed by atoms with Crippen LogP contribution in [0, 0.1) is 0 Å². The van der Waals surface area contributed by atoms with Crippen molar-refractivity contribution in [2.24, 2.45) is 0 Å². The second-order valence-electron chi connectivity index (χ2n) is 4.60. The Hall–Kier alpha value is -0.930. The molecule has 15 heavy (non-hydrogen) atoms. The fourth-order valence-corrected chi connectivity index (χ4v) is 2.36. The molecule has 1 aromatic rings. The Bertz CT molecular complexity index is 315. The van der Waals surface area contributed by atoms with Gasteiger partial charge < -0.3 is 10.0 Å². The van der Waals surface area contributed by atoms with Crippen LogP contribution >= 0.6 is 0 Å². The number of pyridine rings is 1. The van der Waals surface area contributed by atoms with E-state index in [4.69, 9.17) is 0 Å². The lowest BCUT2D eigenvalue weighted by molar-refractivity contribution is -0.0223. The molecule has 1 unspecified atom stereocenters. The van der Waals surface area contributed by atoms with Gasteiger partial charge in [-0.15, -0.1) is 0 Å². The maximum absolute atomic E-state index is 10.4. The SMILES string of the molecule is CN1CCCC(O)(Cc2ccncc2)C1. The van der Waals surface area contributed by atoms with Crippen LogP contribution in [0.15, 0.2) is 24.5 Å². The summed E-state index contributed by atoms with van der Waals surface area (Å²) in [5, 5.41) is 10.4. The summed E-state index contributed by atoms with van der Waals surface area (Å²) in [4.78, 5) is 6.18. The van der Waals surface area contributed by atoms with Crippen molar-refractivity contribution in [2.45, 2.75) is 24.9 Å². The summed E-state index contributed by atoms with van der Waals surface area (Å²) >= 11 is 0. The van der Waals surface area contributed by atoms with E-state index in [-0.39, 0.29) is 0 Å². The van der Waals surface area contributed by atoms with E-state index in [0.29, 0.717) is 0 Å². The number of nitrogens with zero attached hydrogens (tertiary/aromatic N) is 2. The monoisotopic (exact) mass is 206 g/mol. The van der Waals surface area contributed by atoms with Crippen molar-refractivity contribution < 1.29 is 5.11 Å². The minimum absolute atomic E-state index is 0.547. The second-order valence-corrected chi connectivity index (χ2v) is 4.60. The van der Waals surface area contributed by atoms with E-state index in [1.54, 1.807) is 12.4 Å². The van der Waals surface area contributed by atoms with Crippen LogP contribution in [-0.2, 0) is 6.42 Å². The molecule has 1 aliphatic heterocycles. The Balaban J connectivity index is 2.04. The molecule has 0 radical (unpaired) electrons. The minimum Gasteiger partial charge on any atom is -0.388 e. The van der Waals surface area contributed by atoms with Gasteiger partial charge in [-0.3, -0.25) is 4.98 Å². The minimum atomic E-state index is -0.547. The van der Waals surface area contributed by atoms with E-state index in [1.807, 2.05) is 12.1 Å². The zero-order valence-electron chi connectivity index (χ0n) is 9.19. The van der Waals surface area contributed by atoms with E-state index in [0.717, 1.165) is 32.4 Å². The molecule has 2 heterocycles. The molecule has 3 heteroatoms. The summed E-state index contributed by atoms with van der Waals surface area (Å²) in [6.45, 7) is 1.87. The average Bonchev–Trinajstić information content (AvgIpc) is 2.18. The number of rotatable bonds is 2. The van der Waals surface area contributed by atoms with Crippen LogP contribution in [0.4, 0.5) is 0 Å². The van der Waals surface area contributed by atoms with E-state index in [1.165, 1.54) is 5.56 Å². The predicted octanol–water partition coefficient (Wildman–Crippen LogP) is 1.08. The molecule has 2 rings (SSSR count). The normalized spacial score (nSPS) is 27.9. The molecule has 1 atom stereocenters. The number of likely N-dealkylation sites (tertiary alicyclic amines) is 1. The van der Waals surface area contributed by atoms with Crippen molar-refractivity contribution in [3.05, 3.63) is 30.1 Å². The fraction of sp³-hybridized carbons (Fsp3) is 0.583. The van der Waals surface area contributed by atoms with Gasteiger partial charge in [-0.25, -0.2) is 0 Å². The number of hydrogen-bond acceptors (Lipinski definition) is 3. The topological polar surface area (TPSA) is 36.4 Å². The van der Waals surface area contributed by atoms with Crippen LogP contribution in [0.1, 0.15) is 18.4 Å². The fourth-order valence-electron chi connectivity index (χ4n) is 2.36. The highest BCUT2D eigenvalue weighted by atomic mass is 16.3. The van der Waals surface area contributed by atoms with Crippen molar-refractivity contribution in [1.29, 1.82) is 0 Å². The standard InChI is InChI=1S/C12H18N2O/c1-14-8-2-5-12(15,10-14)9-11-3-6-13-7-4-11/h3-4,6-7,15H,2,5,8-10H2,1H3. The first-order valence-corrected chi connectivity index (χ1v) is 5.48. The third-order valence-electron chi connectivity index (χ3n) is 3.03. The van der Waals surface area contributed by atoms with Gasteiger partial charge in [-0.2, -0.15) is 0 Å². The quantitative estimate of drug-likeness (QED) is 0.786. The van der Waals surface area contributed by atoms with Gasteiger partial charge in [-0.1, -0.05) is 0 Å². The third kappa shape index (κ3) is 2.76. The number of β-amino-alcohol motifs (C(OH)–C–C–N with tert-alkyl or cyclic N) is 1. The van der Waals surface area contributed by atoms with E-state index >= 15 is 0 Å². The van der Waals surface area contributed by atoms with Crippen molar-refractivity contribution in [2.75, 3.05) is 20.1 Å². The highest BCUT2D eigenvalue weighted by molar-refractivity contribution is 5.13. The van der Waals surface area contributed by atoms with Crippen LogP contribution in [0.5, 0.6) is 0 Å². The lowest BCUT2D eigenvalue weighted by Gasteiger charge is -2.37. The zero-order valence-corrected chi connectivity index (χ0v) is 9.19. The number of hydrogen-bond donors (Lipinski definition) is 1. The van der Waals surface area contributed by atoms with Gasteiger partial charge in [0.2, 0.25) is 0 Å². The molecule has 0 spiro atoms. The Kier molecular flexibility index (Phi) is 3.03. The molecule has 1 saturated heterocycles. The lowest BCUT2D eigenvalue weighted by Crippen LogP contribution is -2.47. The van der Waals surface area contributed by atoms with Crippen LogP contribution in [0.25, 0.3) is 0 Å². The third-order valence-corrected chi connectivity index (χ3v) is 3.03. The van der Waals surface area contributed by atoms with E-state index in [9.17, 15) is 5.11 Å². The summed E-state index contributed by atoms with van der Waals surface area (Å²) in [6.07, 6.45) is 6.29. The molecular formula is C12H18N2O. The second kappa shape index (κ2) is 4.29. The maximum atomic E-state index is 10.4. The van der Waals surface area contributed by atoms with Gasteiger partial charge in [0, 0.05) is 25.4 Å². The first-order valence-electron chi connectivity index (χ1n) is 5.48. The molecule has 0 aromatic carbocycles. The molecule has 1 aromatic heterocycles. The molecule has 1 aliphatic rings. The summed E-state index contributed by atoms with van der Waals surface area (Å²) in [6, 6.07) is 3.96. The lowest BCUT2D eigenvalue weighted by atomic mass is 9.87. The molecule has 0 amide bonds. The first-order chi connectivity index (χ1) is 7.18. The maximum Gasteiger partial charge on any atom is 0.0814 e. The molecule has 0 aliphatic carbocycles. The Morgan fingerprint density at radius 3 is 2.87 bits per heavy atom. The van der Waals surface area contributed by atoms with Crippen LogP contribution in [0.3, 0.4) is 0 Å². The Morgan fingerprint density at radius 1 is 1.47 bits per heavy atom. The van der Waals surface area contributed by atoms with E-state index < -0.39 is 5.60 Å². The van der Waals surface area contributed by atoms with Gasteiger partial charge in [0.25, 0.3) is 0 Å². The first kappa shape index (κ1) is 10.6. The van der Waals surface area contributed by atoms with E-state index in [2.05, 4.69) is 16.9 Å². The summed E-state index contributed by atoms with van der Waals surface area (Å²) in [5.41, 5.74) is 0.622. The van der Waals surface area contributed by atoms with Crippen LogP contribution < -0.4 is 0 Å². The van der Waals surface area contributed by atoms with Gasteiger partial charge in [0.1, 0.15) is 0 Å². The van der Waals surface area contributed by atoms with Gasteiger partial charge in [0.05, 0.1) is 5.60 Å². The van der Waals surface area contributed by atoms with Crippen LogP contribution in [-0.4, -0.2) is 40.7 Å². The number of piperidine rings is 1. The summed E-state index contributed by atoms with van der Waals surface area (Å²) in [5.74, 6) is 0. The number of aromatic nitrogens is 1. The zero-order chi connectivity index (χ0) is 10.7. The largest absolute Gasteiger partial charge is 0.388 e. The molecule has 1 N–H and O–H groups in total. The van der Waals surface area contributed by atoms with Crippen molar-refractivity contribution in [1.82, 2.24) is 9.88 Å². The van der Waals surface area contributed by atoms with Crippen molar-refractivity contribution in [3.8, 4) is 0 Å².